The van der Waals surface area contributed by atoms with E-state index in [0.717, 1.165) is 68.2 Å². The van der Waals surface area contributed by atoms with Gasteiger partial charge in [-0.3, -0.25) is 0 Å². The van der Waals surface area contributed by atoms with Gasteiger partial charge in [-0.25, -0.2) is 9.65 Å². The van der Waals surface area contributed by atoms with Gasteiger partial charge in [0.1, 0.15) is 19.0 Å². The van der Waals surface area contributed by atoms with Crippen molar-refractivity contribution in [2.75, 3.05) is 18.0 Å². The molecule has 1 aromatic heterocycles. The average Bonchev–Trinajstić information content (AvgIpc) is 3.09. The van der Waals surface area contributed by atoms with Gasteiger partial charge in [0.2, 0.25) is 11.8 Å². The molecule has 0 N–H and O–H groups in total. The molecule has 4 aromatic rings. The summed E-state index contributed by atoms with van der Waals surface area (Å²) in [6.07, 6.45) is 6.53. The number of hydrogen-bond acceptors (Lipinski definition) is 5. The fourth-order valence-electron chi connectivity index (χ4n) is 6.29. The van der Waals surface area contributed by atoms with Crippen LogP contribution >= 0.6 is 0 Å². The lowest BCUT2D eigenvalue weighted by molar-refractivity contribution is 0.191. The predicted molar refractivity (Wildman–Crippen MR) is 177 cm³/mol. The maximum Gasteiger partial charge on any atom is 0.267 e. The molecule has 3 aromatic carbocycles. The van der Waals surface area contributed by atoms with Gasteiger partial charge in [-0.05, 0) is 53.6 Å². The normalized spacial score (nSPS) is 15.6. The number of aromatic nitrogens is 1. The minimum Gasteiger partial charge on any atom is -0.473 e. The fourth-order valence-corrected chi connectivity index (χ4v) is 6.29. The van der Waals surface area contributed by atoms with Crippen molar-refractivity contribution in [3.63, 3.8) is 0 Å². The molecule has 3 heterocycles. The van der Waals surface area contributed by atoms with E-state index in [2.05, 4.69) is 15.9 Å². The SMILES string of the molecule is CC.N#CB1CCC2(CC1)CCN(c1ccc(F)c(-c3ccc(OCc4ccccc4)nc3OCc3ccccc3)c1)CC2. The number of pyridine rings is 1. The molecule has 7 heteroatoms. The number of anilines is 1. The quantitative estimate of drug-likeness (QED) is 0.192. The number of halogens is 1. The summed E-state index contributed by atoms with van der Waals surface area (Å²) in [4.78, 5) is 7.05. The maximum atomic E-state index is 15.4. The minimum absolute atomic E-state index is 0.218. The Kier molecular flexibility index (Phi) is 10.6. The van der Waals surface area contributed by atoms with Gasteiger partial charge < -0.3 is 14.4 Å². The van der Waals surface area contributed by atoms with E-state index in [1.54, 1.807) is 12.1 Å². The number of nitriles is 1. The summed E-state index contributed by atoms with van der Waals surface area (Å²) >= 11 is 0. The van der Waals surface area contributed by atoms with Crippen LogP contribution in [0.3, 0.4) is 0 Å². The summed E-state index contributed by atoms with van der Waals surface area (Å²) in [5, 5.41) is 9.30. The summed E-state index contributed by atoms with van der Waals surface area (Å²) in [5.41, 5.74) is 4.46. The van der Waals surface area contributed by atoms with Crippen LogP contribution in [0.1, 0.15) is 50.7 Å². The van der Waals surface area contributed by atoms with Gasteiger partial charge in [0.15, 0.2) is 0 Å². The van der Waals surface area contributed by atoms with Crippen LogP contribution in [-0.2, 0) is 13.2 Å². The van der Waals surface area contributed by atoms with Gasteiger partial charge in [-0.2, -0.15) is 4.98 Å². The number of piperidine rings is 1. The van der Waals surface area contributed by atoms with Crippen LogP contribution in [0.15, 0.2) is 91.0 Å². The van der Waals surface area contributed by atoms with Crippen LogP contribution in [0, 0.1) is 22.5 Å². The molecule has 226 valence electrons. The van der Waals surface area contributed by atoms with Crippen molar-refractivity contribution in [3.05, 3.63) is 108 Å². The third-order valence-corrected chi connectivity index (χ3v) is 8.94. The second-order valence-electron chi connectivity index (χ2n) is 11.6. The lowest BCUT2D eigenvalue weighted by Crippen LogP contribution is -2.42. The van der Waals surface area contributed by atoms with Crippen molar-refractivity contribution in [1.82, 2.24) is 4.98 Å². The van der Waals surface area contributed by atoms with Crippen molar-refractivity contribution in [3.8, 4) is 28.9 Å². The first-order chi connectivity index (χ1) is 21.6. The molecule has 6 rings (SSSR count). The van der Waals surface area contributed by atoms with Crippen molar-refractivity contribution in [1.29, 1.82) is 5.26 Å². The Hall–Kier alpha value is -4.31. The molecule has 44 heavy (non-hydrogen) atoms. The highest BCUT2D eigenvalue weighted by atomic mass is 19.1. The van der Waals surface area contributed by atoms with E-state index >= 15 is 4.39 Å². The highest BCUT2D eigenvalue weighted by Crippen LogP contribution is 2.46. The predicted octanol–water partition coefficient (Wildman–Crippen LogP) is 9.01. The van der Waals surface area contributed by atoms with E-state index in [1.165, 1.54) is 0 Å². The second-order valence-corrected chi connectivity index (χ2v) is 11.6. The number of rotatable bonds is 8. The molecule has 2 aliphatic heterocycles. The molecule has 0 atom stereocenters. The largest absolute Gasteiger partial charge is 0.473 e. The van der Waals surface area contributed by atoms with Crippen LogP contribution in [0.2, 0.25) is 12.6 Å². The van der Waals surface area contributed by atoms with Crippen molar-refractivity contribution >= 4 is 12.4 Å². The van der Waals surface area contributed by atoms with Crippen molar-refractivity contribution < 1.29 is 13.9 Å². The zero-order chi connectivity index (χ0) is 30.8. The highest BCUT2D eigenvalue weighted by molar-refractivity contribution is 6.67. The third-order valence-electron chi connectivity index (χ3n) is 8.94. The summed E-state index contributed by atoms with van der Waals surface area (Å²) in [5.74, 6) is 2.91. The molecule has 0 amide bonds. The fraction of sp³-hybridized carbons (Fsp3) is 0.351. The molecule has 0 bridgehead atoms. The zero-order valence-corrected chi connectivity index (χ0v) is 25.8. The van der Waals surface area contributed by atoms with E-state index in [-0.39, 0.29) is 12.5 Å². The lowest BCUT2D eigenvalue weighted by atomic mass is 9.39. The number of hydrogen-bond donors (Lipinski definition) is 0. The van der Waals surface area contributed by atoms with Gasteiger partial charge >= 0.3 is 0 Å². The van der Waals surface area contributed by atoms with E-state index in [0.29, 0.717) is 41.5 Å². The summed E-state index contributed by atoms with van der Waals surface area (Å²) in [6, 6.07) is 28.8. The van der Waals surface area contributed by atoms with Crippen LogP contribution in [0.5, 0.6) is 11.8 Å². The minimum atomic E-state index is -0.314. The first kappa shape index (κ1) is 31.1. The van der Waals surface area contributed by atoms with Crippen LogP contribution in [0.4, 0.5) is 10.1 Å². The molecule has 0 radical (unpaired) electrons. The molecule has 2 fully saturated rings. The lowest BCUT2D eigenvalue weighted by Gasteiger charge is -2.45. The molecule has 1 spiro atoms. The van der Waals surface area contributed by atoms with Gasteiger partial charge in [0, 0.05) is 41.9 Å². The van der Waals surface area contributed by atoms with Gasteiger partial charge in [-0.1, -0.05) is 100.0 Å². The topological polar surface area (TPSA) is 58.4 Å². The third kappa shape index (κ3) is 7.61. The molecule has 0 aliphatic carbocycles. The second kappa shape index (κ2) is 14.9. The highest BCUT2D eigenvalue weighted by Gasteiger charge is 2.39. The van der Waals surface area contributed by atoms with Crippen molar-refractivity contribution in [2.24, 2.45) is 5.41 Å². The Morgan fingerprint density at radius 3 is 2.02 bits per heavy atom. The summed E-state index contributed by atoms with van der Waals surface area (Å²) in [7, 11) is 0. The Morgan fingerprint density at radius 2 is 1.41 bits per heavy atom. The zero-order valence-electron chi connectivity index (χ0n) is 25.8. The Morgan fingerprint density at radius 1 is 0.795 bits per heavy atom. The number of nitrogens with zero attached hydrogens (tertiary/aromatic N) is 3. The monoisotopic (exact) mass is 589 g/mol. The first-order valence-corrected chi connectivity index (χ1v) is 15.9. The number of benzene rings is 3. The Balaban J connectivity index is 0.00000188. The average molecular weight is 590 g/mol. The van der Waals surface area contributed by atoms with Crippen LogP contribution in [-0.4, -0.2) is 24.8 Å². The summed E-state index contributed by atoms with van der Waals surface area (Å²) < 4.78 is 27.6. The molecule has 0 unspecified atom stereocenters. The maximum absolute atomic E-state index is 15.4. The smallest absolute Gasteiger partial charge is 0.267 e. The Bertz CT molecular complexity index is 1530. The Labute approximate surface area is 261 Å². The van der Waals surface area contributed by atoms with E-state index in [4.69, 9.17) is 9.47 Å². The van der Waals surface area contributed by atoms with Crippen LogP contribution < -0.4 is 14.4 Å². The summed E-state index contributed by atoms with van der Waals surface area (Å²) in [6.45, 7) is 6.78. The molecular weight excluding hydrogens is 548 g/mol. The van der Waals surface area contributed by atoms with Gasteiger partial charge in [0.05, 0.1) is 0 Å². The first-order valence-electron chi connectivity index (χ1n) is 15.9. The molecule has 2 saturated heterocycles. The number of ether oxygens (including phenoxy) is 2. The van der Waals surface area contributed by atoms with E-state index in [1.807, 2.05) is 92.7 Å². The van der Waals surface area contributed by atoms with Crippen LogP contribution in [0.25, 0.3) is 11.1 Å². The molecule has 0 saturated carbocycles. The van der Waals surface area contributed by atoms with Gasteiger partial charge in [-0.15, -0.1) is 0 Å². The molecule has 2 aliphatic rings. The van der Waals surface area contributed by atoms with E-state index < -0.39 is 0 Å². The van der Waals surface area contributed by atoms with Crippen molar-refractivity contribution in [2.45, 2.75) is 65.4 Å². The standard InChI is InChI=1S/C35H35BFN3O2.C2H6/c37-32-13-11-29(40-21-17-35(18-22-40)15-19-36(26-38)20-16-35)23-31(32)30-12-14-33(41-24-27-7-3-1-4-8-27)39-34(30)42-25-28-9-5-2-6-10-28;1-2/h1-14,23H,15-22,24-25H2;1-2H3. The van der Waals surface area contributed by atoms with E-state index in [9.17, 15) is 5.26 Å². The molecular formula is C37H41BFN3O2. The molecule has 5 nitrogen and oxygen atoms in total. The van der Waals surface area contributed by atoms with Gasteiger partial charge in [0.25, 0.3) is 6.71 Å².